The van der Waals surface area contributed by atoms with Gasteiger partial charge in [-0.1, -0.05) is 38.1 Å². The summed E-state index contributed by atoms with van der Waals surface area (Å²) in [6.07, 6.45) is -1.23. The van der Waals surface area contributed by atoms with Crippen molar-refractivity contribution in [2.45, 2.75) is 51.4 Å². The van der Waals surface area contributed by atoms with Gasteiger partial charge in [0.05, 0.1) is 19.3 Å². The van der Waals surface area contributed by atoms with Crippen molar-refractivity contribution in [1.29, 1.82) is 0 Å². The molecule has 2 rings (SSSR count). The largest absolute Gasteiger partial charge is 0.491 e. The van der Waals surface area contributed by atoms with Gasteiger partial charge in [-0.25, -0.2) is 0 Å². The Morgan fingerprint density at radius 3 is 1.55 bits per heavy atom. The molecule has 172 valence electrons. The number of aliphatic hydroxyl groups excluding tert-OH is 2. The maximum Gasteiger partial charge on any atom is 0.119 e. The summed E-state index contributed by atoms with van der Waals surface area (Å²) >= 11 is 1.75. The van der Waals surface area contributed by atoms with Gasteiger partial charge in [-0.2, -0.15) is 0 Å². The molecule has 0 heterocycles. The number of hydrogen-bond acceptors (Lipinski definition) is 6. The average molecular weight is 544 g/mol. The normalized spacial score (nSPS) is 13.8. The smallest absolute Gasteiger partial charge is 0.119 e. The molecule has 6 nitrogen and oxygen atoms in total. The van der Waals surface area contributed by atoms with Crippen molar-refractivity contribution in [3.8, 4) is 11.5 Å². The highest BCUT2D eigenvalue weighted by Crippen LogP contribution is 2.33. The minimum absolute atomic E-state index is 0.0822. The van der Waals surface area contributed by atoms with Crippen LogP contribution < -0.4 is 9.47 Å². The fourth-order valence-electron chi connectivity index (χ4n) is 2.96. The van der Waals surface area contributed by atoms with Gasteiger partial charge in [-0.3, -0.25) is 0 Å². The Kier molecular flexibility index (Phi) is 10.5. The van der Waals surface area contributed by atoms with Crippen molar-refractivity contribution in [1.82, 2.24) is 0 Å². The summed E-state index contributed by atoms with van der Waals surface area (Å²) in [6, 6.07) is 15.8. The zero-order valence-corrected chi connectivity index (χ0v) is 20.7. The van der Waals surface area contributed by atoms with Crippen LogP contribution in [0.25, 0.3) is 0 Å². The molecule has 0 bridgehead atoms. The van der Waals surface area contributed by atoms with Gasteiger partial charge in [0.2, 0.25) is 0 Å². The summed E-state index contributed by atoms with van der Waals surface area (Å²) in [4.78, 5) is 0. The molecule has 0 saturated heterocycles. The Hall–Kier alpha value is -1.39. The van der Waals surface area contributed by atoms with Gasteiger partial charge in [-0.15, -0.1) is 0 Å². The summed E-state index contributed by atoms with van der Waals surface area (Å²) in [5, 5.41) is 19.6. The van der Waals surface area contributed by atoms with Crippen LogP contribution in [0.5, 0.6) is 11.5 Å². The van der Waals surface area contributed by atoms with Crippen molar-refractivity contribution in [2.24, 2.45) is 0 Å². The van der Waals surface area contributed by atoms with E-state index in [-0.39, 0.29) is 37.9 Å². The van der Waals surface area contributed by atoms with Gasteiger partial charge in [0, 0.05) is 5.41 Å². The molecule has 0 fully saturated rings. The van der Waals surface area contributed by atoms with Crippen molar-refractivity contribution < 1.29 is 27.5 Å². The van der Waals surface area contributed by atoms with Crippen LogP contribution >= 0.6 is 23.0 Å². The zero-order chi connectivity index (χ0) is 22.9. The van der Waals surface area contributed by atoms with Gasteiger partial charge in [0.15, 0.2) is 0 Å². The molecule has 0 aliphatic heterocycles. The molecule has 2 N–H and O–H groups in total. The number of halogens is 1. The summed E-state index contributed by atoms with van der Waals surface area (Å²) in [6.45, 7) is 9.05. The number of hydrogen-bond donors (Lipinski definition) is 2. The molecule has 2 atom stereocenters. The van der Waals surface area contributed by atoms with Crippen LogP contribution in [-0.2, 0) is 13.2 Å². The van der Waals surface area contributed by atoms with Crippen LogP contribution in [0.15, 0.2) is 48.5 Å². The molecule has 0 aliphatic rings. The fraction of sp³-hybridized carbons (Fsp3) is 0.500. The topological polar surface area (TPSA) is 77.4 Å². The first-order valence-electron chi connectivity index (χ1n) is 10.4. The minimum Gasteiger partial charge on any atom is -0.491 e. The van der Waals surface area contributed by atoms with Crippen molar-refractivity contribution in [3.05, 3.63) is 59.7 Å². The van der Waals surface area contributed by atoms with Crippen LogP contribution in [0.1, 0.15) is 38.8 Å². The third kappa shape index (κ3) is 8.57. The molecule has 0 aromatic heterocycles. The van der Waals surface area contributed by atoms with E-state index >= 15 is 0 Å². The molecule has 0 aliphatic carbocycles. The predicted octanol–water partition coefficient (Wildman–Crippen LogP) is 4.28. The summed E-state index contributed by atoms with van der Waals surface area (Å²) in [5.41, 5.74) is 2.08. The van der Waals surface area contributed by atoms with Crippen molar-refractivity contribution >= 4 is 23.0 Å². The van der Waals surface area contributed by atoms with Gasteiger partial charge < -0.3 is 27.5 Å². The molecule has 7 heteroatoms. The molecule has 31 heavy (non-hydrogen) atoms. The van der Waals surface area contributed by atoms with Crippen LogP contribution in [0, 0.1) is 0 Å². The monoisotopic (exact) mass is 544 g/mol. The fourth-order valence-corrected chi connectivity index (χ4v) is 3.37. The maximum atomic E-state index is 9.93. The molecule has 2 aromatic rings. The maximum absolute atomic E-state index is 9.93. The first-order valence-corrected chi connectivity index (χ1v) is 11.3. The Bertz CT molecular complexity index is 761. The quantitative estimate of drug-likeness (QED) is 0.367. The first-order chi connectivity index (χ1) is 14.7. The lowest BCUT2D eigenvalue weighted by molar-refractivity contribution is -0.0122. The van der Waals surface area contributed by atoms with Gasteiger partial charge in [0.1, 0.15) is 59.9 Å². The number of aliphatic hydroxyl groups is 2. The number of benzene rings is 2. The lowest BCUT2D eigenvalue weighted by Gasteiger charge is -2.26. The Balaban J connectivity index is 1.94. The van der Waals surface area contributed by atoms with E-state index in [1.54, 1.807) is 23.0 Å². The second kappa shape index (κ2) is 12.6. The van der Waals surface area contributed by atoms with E-state index in [4.69, 9.17) is 17.3 Å². The molecular weight excluding hydrogens is 511 g/mol. The second-order valence-corrected chi connectivity index (χ2v) is 8.88. The highest BCUT2D eigenvalue weighted by atomic mass is 127. The lowest BCUT2D eigenvalue weighted by Crippen LogP contribution is -2.25. The third-order valence-corrected chi connectivity index (χ3v) is 5.27. The Labute approximate surface area is 199 Å². The number of ether oxygens (including phenoxy) is 3. The van der Waals surface area contributed by atoms with Crippen molar-refractivity contribution in [2.75, 3.05) is 26.4 Å². The summed E-state index contributed by atoms with van der Waals surface area (Å²) < 4.78 is 21.5. The molecule has 0 amide bonds. The Morgan fingerprint density at radius 1 is 0.742 bits per heavy atom. The number of rotatable bonds is 13. The lowest BCUT2D eigenvalue weighted by atomic mass is 9.78. The van der Waals surface area contributed by atoms with Gasteiger partial charge in [0.25, 0.3) is 0 Å². The van der Waals surface area contributed by atoms with Crippen LogP contribution in [-0.4, -0.2) is 55.0 Å². The molecular formula is C24H33IO6. The molecule has 0 saturated carbocycles. The SMILES string of the molecule is CC(C)OCC(O)COc1ccc(C(C)(C)c2ccc(OCC(O)COI)cc2)cc1. The highest BCUT2D eigenvalue weighted by molar-refractivity contribution is 14.1. The summed E-state index contributed by atoms with van der Waals surface area (Å²) in [5.74, 6) is 1.41. The minimum atomic E-state index is -0.658. The third-order valence-electron chi connectivity index (χ3n) is 4.91. The summed E-state index contributed by atoms with van der Waals surface area (Å²) in [7, 11) is 0. The Morgan fingerprint density at radius 2 is 1.16 bits per heavy atom. The average Bonchev–Trinajstić information content (AvgIpc) is 2.75. The van der Waals surface area contributed by atoms with Crippen LogP contribution in [0.3, 0.4) is 0 Å². The van der Waals surface area contributed by atoms with Gasteiger partial charge in [-0.05, 0) is 49.2 Å². The zero-order valence-electron chi connectivity index (χ0n) is 18.6. The van der Waals surface area contributed by atoms with Gasteiger partial charge >= 0.3 is 0 Å². The van der Waals surface area contributed by atoms with Crippen LogP contribution in [0.4, 0.5) is 0 Å². The van der Waals surface area contributed by atoms with Crippen molar-refractivity contribution in [3.63, 3.8) is 0 Å². The van der Waals surface area contributed by atoms with Crippen LogP contribution in [0.2, 0.25) is 0 Å². The van der Waals surface area contributed by atoms with E-state index in [1.165, 1.54) is 0 Å². The van der Waals surface area contributed by atoms with E-state index in [0.29, 0.717) is 11.5 Å². The molecule has 2 aromatic carbocycles. The van der Waals surface area contributed by atoms with E-state index in [2.05, 4.69) is 13.8 Å². The molecule has 0 spiro atoms. The highest BCUT2D eigenvalue weighted by Gasteiger charge is 2.23. The van der Waals surface area contributed by atoms with E-state index in [1.807, 2.05) is 62.4 Å². The van der Waals surface area contributed by atoms with E-state index in [0.717, 1.165) is 11.1 Å². The first kappa shape index (κ1) is 25.9. The molecule has 0 radical (unpaired) electrons. The van der Waals surface area contributed by atoms with E-state index < -0.39 is 12.2 Å². The van der Waals surface area contributed by atoms with E-state index in [9.17, 15) is 10.2 Å². The second-order valence-electron chi connectivity index (χ2n) is 8.26. The predicted molar refractivity (Wildman–Crippen MR) is 129 cm³/mol. The molecule has 2 unspecified atom stereocenters. The standard InChI is InChI=1S/C24H33IO6/c1-17(2)28-13-20(26)14-29-22-9-5-18(6-10-22)24(3,4)19-7-11-23(12-8-19)30-15-21(27)16-31-25/h5-12,17,20-21,26-27H,13-16H2,1-4H3.